The molecule has 0 unspecified atom stereocenters. The van der Waals surface area contributed by atoms with Crippen LogP contribution in [-0.4, -0.2) is 45.7 Å². The molecule has 1 aliphatic heterocycles. The molecule has 1 aromatic carbocycles. The van der Waals surface area contributed by atoms with Crippen LogP contribution in [0.5, 0.6) is 5.75 Å². The molecular formula is C24H24N6O3. The van der Waals surface area contributed by atoms with Gasteiger partial charge in [0.2, 0.25) is 0 Å². The smallest absolute Gasteiger partial charge is 0.274 e. The minimum atomic E-state index is -0.310. The predicted octanol–water partition coefficient (Wildman–Crippen LogP) is 3.69. The average molecular weight is 444 g/mol. The number of fused-ring (bicyclic) bond motifs is 1. The van der Waals surface area contributed by atoms with Gasteiger partial charge in [0.15, 0.2) is 0 Å². The first-order valence-corrected chi connectivity index (χ1v) is 10.7. The molecule has 9 nitrogen and oxygen atoms in total. The van der Waals surface area contributed by atoms with Gasteiger partial charge in [-0.3, -0.25) is 9.78 Å². The van der Waals surface area contributed by atoms with Gasteiger partial charge in [-0.2, -0.15) is 0 Å². The van der Waals surface area contributed by atoms with Gasteiger partial charge in [-0.05, 0) is 42.7 Å². The lowest BCUT2D eigenvalue weighted by Gasteiger charge is -2.24. The molecule has 4 aromatic rings. The van der Waals surface area contributed by atoms with E-state index in [0.29, 0.717) is 22.9 Å². The largest absolute Gasteiger partial charge is 0.495 e. The highest BCUT2D eigenvalue weighted by molar-refractivity contribution is 6.05. The number of nitrogens with zero attached hydrogens (tertiary/aromatic N) is 4. The molecule has 9 heteroatoms. The highest BCUT2D eigenvalue weighted by Crippen LogP contribution is 2.39. The molecule has 3 N–H and O–H groups in total. The monoisotopic (exact) mass is 444 g/mol. The van der Waals surface area contributed by atoms with Gasteiger partial charge in [-0.25, -0.2) is 9.97 Å². The van der Waals surface area contributed by atoms with E-state index in [1.165, 1.54) is 6.33 Å². The second kappa shape index (κ2) is 8.87. The third kappa shape index (κ3) is 3.98. The second-order valence-corrected chi connectivity index (χ2v) is 7.84. The van der Waals surface area contributed by atoms with Crippen LogP contribution in [0.3, 0.4) is 0 Å². The lowest BCUT2D eigenvalue weighted by Crippen LogP contribution is -2.19. The number of nitrogens with two attached hydrogens (primary N) is 1. The third-order valence-electron chi connectivity index (χ3n) is 5.88. The molecule has 33 heavy (non-hydrogen) atoms. The molecule has 1 amide bonds. The maximum absolute atomic E-state index is 12.6. The maximum atomic E-state index is 12.6. The number of amides is 1. The van der Waals surface area contributed by atoms with E-state index in [1.54, 1.807) is 31.5 Å². The van der Waals surface area contributed by atoms with Crippen molar-refractivity contribution >= 4 is 28.4 Å². The number of carbonyl (C=O) groups excluding carboxylic acids is 1. The molecule has 0 atom stereocenters. The van der Waals surface area contributed by atoms with E-state index in [2.05, 4.69) is 31.0 Å². The number of hydrogen-bond donors (Lipinski definition) is 2. The summed E-state index contributed by atoms with van der Waals surface area (Å²) < 4.78 is 13.3. The van der Waals surface area contributed by atoms with Crippen LogP contribution in [0.1, 0.15) is 29.4 Å². The fraction of sp³-hybridized carbons (Fsp3) is 0.250. The summed E-state index contributed by atoms with van der Waals surface area (Å²) in [5, 5.41) is 3.67. The van der Waals surface area contributed by atoms with Crippen molar-refractivity contribution in [3.05, 3.63) is 60.8 Å². The highest BCUT2D eigenvalue weighted by atomic mass is 16.5. The Labute approximate surface area is 190 Å². The quantitative estimate of drug-likeness (QED) is 0.482. The van der Waals surface area contributed by atoms with Crippen LogP contribution in [0.4, 0.5) is 11.5 Å². The minimum absolute atomic E-state index is 0.281. The van der Waals surface area contributed by atoms with Crippen molar-refractivity contribution in [3.63, 3.8) is 0 Å². The summed E-state index contributed by atoms with van der Waals surface area (Å²) in [6.07, 6.45) is 6.97. The standard InChI is InChI=1S/C24H24N6O3/c1-32-20-12-15(5-6-18(20)29-24(31)19-4-2-3-9-26-19)17-13-30(16-7-10-33-11-8-16)23-21(17)22(25)27-14-28-23/h2-6,9,12-14,16H,7-8,10-11H2,1H3,(H,29,31)(H2,25,27,28). The van der Waals surface area contributed by atoms with Gasteiger partial charge in [0.05, 0.1) is 18.2 Å². The summed E-state index contributed by atoms with van der Waals surface area (Å²) in [7, 11) is 1.57. The number of ether oxygens (including phenoxy) is 2. The Balaban J connectivity index is 1.54. The summed E-state index contributed by atoms with van der Waals surface area (Å²) in [5.41, 5.74) is 9.76. The van der Waals surface area contributed by atoms with Crippen LogP contribution in [0.2, 0.25) is 0 Å². The number of aromatic nitrogens is 4. The molecule has 4 heterocycles. The highest BCUT2D eigenvalue weighted by Gasteiger charge is 2.23. The van der Waals surface area contributed by atoms with Gasteiger partial charge >= 0.3 is 0 Å². The van der Waals surface area contributed by atoms with E-state index >= 15 is 0 Å². The number of rotatable bonds is 5. The lowest BCUT2D eigenvalue weighted by molar-refractivity contribution is 0.0706. The topological polar surface area (TPSA) is 117 Å². The van der Waals surface area contributed by atoms with Crippen molar-refractivity contribution in [1.29, 1.82) is 0 Å². The Morgan fingerprint density at radius 1 is 1.18 bits per heavy atom. The SMILES string of the molecule is COc1cc(-c2cn(C3CCOCC3)c3ncnc(N)c23)ccc1NC(=O)c1ccccn1. The molecule has 0 bridgehead atoms. The number of carbonyl (C=O) groups is 1. The lowest BCUT2D eigenvalue weighted by atomic mass is 10.0. The first-order chi connectivity index (χ1) is 16.2. The summed E-state index contributed by atoms with van der Waals surface area (Å²) in [5.74, 6) is 0.641. The fourth-order valence-electron chi connectivity index (χ4n) is 4.21. The Kier molecular flexibility index (Phi) is 5.62. The normalized spacial score (nSPS) is 14.3. The summed E-state index contributed by atoms with van der Waals surface area (Å²) in [6.45, 7) is 1.44. The number of methoxy groups -OCH3 is 1. The summed E-state index contributed by atoms with van der Waals surface area (Å²) in [6, 6.07) is 11.1. The molecule has 0 aliphatic carbocycles. The predicted molar refractivity (Wildman–Crippen MR) is 125 cm³/mol. The van der Waals surface area contributed by atoms with Gasteiger partial charge < -0.3 is 25.1 Å². The van der Waals surface area contributed by atoms with Crippen LogP contribution in [0, 0.1) is 0 Å². The van der Waals surface area contributed by atoms with Gasteiger partial charge in [0, 0.05) is 37.2 Å². The summed E-state index contributed by atoms with van der Waals surface area (Å²) in [4.78, 5) is 25.4. The Hall–Kier alpha value is -3.98. The number of anilines is 2. The van der Waals surface area contributed by atoms with Crippen molar-refractivity contribution in [2.24, 2.45) is 0 Å². The van der Waals surface area contributed by atoms with Crippen molar-refractivity contribution in [2.45, 2.75) is 18.9 Å². The first-order valence-electron chi connectivity index (χ1n) is 10.7. The summed E-state index contributed by atoms with van der Waals surface area (Å²) >= 11 is 0. The van der Waals surface area contributed by atoms with Crippen LogP contribution < -0.4 is 15.8 Å². The molecule has 168 valence electrons. The van der Waals surface area contributed by atoms with E-state index in [0.717, 1.165) is 48.2 Å². The average Bonchev–Trinajstić information content (AvgIpc) is 3.26. The third-order valence-corrected chi connectivity index (χ3v) is 5.88. The minimum Gasteiger partial charge on any atom is -0.495 e. The molecule has 5 rings (SSSR count). The molecule has 3 aromatic heterocycles. The Morgan fingerprint density at radius 3 is 2.79 bits per heavy atom. The fourth-order valence-corrected chi connectivity index (χ4v) is 4.21. The van der Waals surface area contributed by atoms with E-state index in [-0.39, 0.29) is 11.9 Å². The van der Waals surface area contributed by atoms with Crippen LogP contribution in [-0.2, 0) is 4.74 Å². The van der Waals surface area contributed by atoms with Gasteiger partial charge in [0.25, 0.3) is 5.91 Å². The zero-order valence-corrected chi connectivity index (χ0v) is 18.2. The number of nitrogens with one attached hydrogen (secondary N) is 1. The van der Waals surface area contributed by atoms with Crippen molar-refractivity contribution < 1.29 is 14.3 Å². The van der Waals surface area contributed by atoms with E-state index in [9.17, 15) is 4.79 Å². The maximum Gasteiger partial charge on any atom is 0.274 e. The number of pyridine rings is 1. The number of hydrogen-bond acceptors (Lipinski definition) is 7. The van der Waals surface area contributed by atoms with Crippen LogP contribution in [0.15, 0.2) is 55.1 Å². The molecule has 1 saturated heterocycles. The molecule has 1 fully saturated rings. The van der Waals surface area contributed by atoms with Gasteiger partial charge in [0.1, 0.15) is 29.2 Å². The second-order valence-electron chi connectivity index (χ2n) is 7.84. The van der Waals surface area contributed by atoms with Crippen molar-refractivity contribution in [2.75, 3.05) is 31.4 Å². The van der Waals surface area contributed by atoms with E-state index in [4.69, 9.17) is 15.2 Å². The Bertz CT molecular complexity index is 1300. The first kappa shape index (κ1) is 20.9. The molecule has 1 aliphatic rings. The molecule has 0 radical (unpaired) electrons. The van der Waals surface area contributed by atoms with Gasteiger partial charge in [-0.1, -0.05) is 12.1 Å². The molecule has 0 saturated carbocycles. The zero-order valence-electron chi connectivity index (χ0n) is 18.2. The van der Waals surface area contributed by atoms with Crippen molar-refractivity contribution in [1.82, 2.24) is 19.5 Å². The molecule has 0 spiro atoms. The van der Waals surface area contributed by atoms with Gasteiger partial charge in [-0.15, -0.1) is 0 Å². The number of benzene rings is 1. The van der Waals surface area contributed by atoms with Crippen LogP contribution in [0.25, 0.3) is 22.2 Å². The van der Waals surface area contributed by atoms with Crippen molar-refractivity contribution in [3.8, 4) is 16.9 Å². The Morgan fingerprint density at radius 2 is 2.03 bits per heavy atom. The van der Waals surface area contributed by atoms with E-state index in [1.807, 2.05) is 18.2 Å². The van der Waals surface area contributed by atoms with Crippen LogP contribution >= 0.6 is 0 Å². The zero-order chi connectivity index (χ0) is 22.8. The number of nitrogen functional groups attached to an aromatic ring is 1. The molecular weight excluding hydrogens is 420 g/mol. The van der Waals surface area contributed by atoms with E-state index < -0.39 is 0 Å².